The number of allylic oxidation sites excluding steroid dienone is 2. The quantitative estimate of drug-likeness (QED) is 0.247. The van der Waals surface area contributed by atoms with Crippen LogP contribution in [0.4, 0.5) is 5.69 Å². The Morgan fingerprint density at radius 1 is 1.07 bits per heavy atom. The first kappa shape index (κ1) is 30.1. The van der Waals surface area contributed by atoms with Gasteiger partial charge in [-0.05, 0) is 53.4 Å². The smallest absolute Gasteiger partial charge is 0.480 e. The lowest BCUT2D eigenvalue weighted by Crippen LogP contribution is -2.54. The molecule has 0 bridgehead atoms. The summed E-state index contributed by atoms with van der Waals surface area (Å²) in [5, 5.41) is 16.5. The summed E-state index contributed by atoms with van der Waals surface area (Å²) in [6.07, 6.45) is 6.71. The number of carbonyl (C=O) groups excluding carboxylic acids is 2. The summed E-state index contributed by atoms with van der Waals surface area (Å²) in [6, 6.07) is 5.38. The molecule has 1 aromatic carbocycles. The van der Waals surface area contributed by atoms with Gasteiger partial charge in [0, 0.05) is 36.1 Å². The number of aliphatic carboxylic acids is 1. The highest BCUT2D eigenvalue weighted by Crippen LogP contribution is 2.53. The van der Waals surface area contributed by atoms with E-state index in [1.54, 1.807) is 31.2 Å². The van der Waals surface area contributed by atoms with E-state index in [1.165, 1.54) is 12.4 Å². The molecule has 13 heteroatoms. The molecule has 0 radical (unpaired) electrons. The average Bonchev–Trinajstić information content (AvgIpc) is 3.28. The second kappa shape index (κ2) is 12.1. The molecule has 5 rings (SSSR count). The van der Waals surface area contributed by atoms with Crippen LogP contribution in [0.25, 0.3) is 0 Å². The van der Waals surface area contributed by atoms with Gasteiger partial charge in [0.25, 0.3) is 5.91 Å². The zero-order chi connectivity index (χ0) is 30.2. The number of rotatable bonds is 9. The fourth-order valence-corrected chi connectivity index (χ4v) is 7.14. The number of carbonyl (C=O) groups is 3. The highest BCUT2D eigenvalue weighted by Gasteiger charge is 2.54. The summed E-state index contributed by atoms with van der Waals surface area (Å²) < 4.78 is 10.6. The Morgan fingerprint density at radius 3 is 2.29 bits per heavy atom. The number of aryl methyl sites for hydroxylation is 1. The number of pyridine rings is 1. The number of anilines is 1. The first-order valence-electron chi connectivity index (χ1n) is 13.3. The molecule has 0 aliphatic heterocycles. The fraction of sp³-hybridized carbons (Fsp3) is 0.345. The van der Waals surface area contributed by atoms with Gasteiger partial charge in [-0.1, -0.05) is 54.6 Å². The summed E-state index contributed by atoms with van der Waals surface area (Å²) in [7, 11) is 0. The molecule has 1 unspecified atom stereocenters. The maximum atomic E-state index is 12.9. The third kappa shape index (κ3) is 5.65. The van der Waals surface area contributed by atoms with Gasteiger partial charge in [0.1, 0.15) is 11.8 Å². The molecule has 2 aliphatic rings. The molecule has 2 atom stereocenters. The molecule has 10 nitrogen and oxygen atoms in total. The van der Waals surface area contributed by atoms with Crippen LogP contribution in [0, 0.1) is 12.3 Å². The number of halogens is 3. The zero-order valence-electron chi connectivity index (χ0n) is 22.3. The number of hydrogen-bond donors (Lipinski definition) is 3. The first-order valence-corrected chi connectivity index (χ1v) is 14.8. The lowest BCUT2D eigenvalue weighted by molar-refractivity contribution is -0.140. The zero-order valence-corrected chi connectivity index (χ0v) is 25.4. The summed E-state index contributed by atoms with van der Waals surface area (Å²) >= 11 is 15.6. The van der Waals surface area contributed by atoms with Gasteiger partial charge in [-0.2, -0.15) is 0 Å². The van der Waals surface area contributed by atoms with E-state index in [2.05, 4.69) is 31.5 Å². The Bertz CT molecular complexity index is 1620. The van der Waals surface area contributed by atoms with Crippen molar-refractivity contribution in [2.24, 2.45) is 5.41 Å². The van der Waals surface area contributed by atoms with Gasteiger partial charge in [0.2, 0.25) is 0 Å². The number of nitrogens with zero attached hydrogens (tertiary/aromatic N) is 1. The Morgan fingerprint density at radius 2 is 1.71 bits per heavy atom. The van der Waals surface area contributed by atoms with Crippen molar-refractivity contribution in [3.05, 3.63) is 90.1 Å². The maximum Gasteiger partial charge on any atom is 0.519 e. The molecule has 2 aliphatic carbocycles. The Hall–Kier alpha value is -3.41. The summed E-state index contributed by atoms with van der Waals surface area (Å²) in [5.74, 6) is -2.90. The number of hydrogen-bond acceptors (Lipinski definition) is 8. The minimum Gasteiger partial charge on any atom is -0.480 e. The summed E-state index contributed by atoms with van der Waals surface area (Å²) in [6.45, 7) is 1.56. The van der Waals surface area contributed by atoms with E-state index in [9.17, 15) is 24.3 Å². The topological polar surface area (TPSA) is 152 Å². The fourth-order valence-electron chi connectivity index (χ4n) is 5.73. The van der Waals surface area contributed by atoms with Gasteiger partial charge < -0.3 is 24.6 Å². The molecule has 2 heterocycles. The third-order valence-corrected chi connectivity index (χ3v) is 9.26. The molecule has 1 spiro atoms. The monoisotopic (exact) mass is 677 g/mol. The van der Waals surface area contributed by atoms with Crippen molar-refractivity contribution >= 4 is 62.5 Å². The number of ketones is 1. The molecule has 220 valence electrons. The number of carboxylic acid groups (broad SMARTS) is 1. The van der Waals surface area contributed by atoms with Crippen LogP contribution in [0.3, 0.4) is 0 Å². The van der Waals surface area contributed by atoms with Crippen molar-refractivity contribution in [2.75, 3.05) is 5.32 Å². The Kier molecular flexibility index (Phi) is 8.63. The molecule has 2 aromatic heterocycles. The van der Waals surface area contributed by atoms with Gasteiger partial charge in [-0.3, -0.25) is 14.6 Å². The predicted octanol–water partition coefficient (Wildman–Crippen LogP) is 6.00. The van der Waals surface area contributed by atoms with Crippen LogP contribution in [0.5, 0.6) is 0 Å². The number of carboxylic acids is 1. The van der Waals surface area contributed by atoms with E-state index in [0.717, 1.165) is 19.3 Å². The number of nitrogens with one attached hydrogen (secondary N) is 2. The summed E-state index contributed by atoms with van der Waals surface area (Å²) in [4.78, 5) is 54.2. The molecule has 3 aromatic rings. The van der Waals surface area contributed by atoms with Crippen molar-refractivity contribution in [2.45, 2.75) is 57.4 Å². The van der Waals surface area contributed by atoms with Crippen molar-refractivity contribution < 1.29 is 28.3 Å². The van der Waals surface area contributed by atoms with E-state index in [-0.39, 0.29) is 39.3 Å². The molecular formula is C29H26BrCl2N3O7. The second-order valence-electron chi connectivity index (χ2n) is 10.4. The van der Waals surface area contributed by atoms with Gasteiger partial charge in [0.15, 0.2) is 11.5 Å². The molecule has 0 saturated heterocycles. The maximum absolute atomic E-state index is 12.9. The molecular weight excluding hydrogens is 653 g/mol. The number of aromatic nitrogens is 1. The van der Waals surface area contributed by atoms with Crippen LogP contribution in [0.15, 0.2) is 60.5 Å². The van der Waals surface area contributed by atoms with E-state index >= 15 is 0 Å². The largest absolute Gasteiger partial charge is 0.519 e. The van der Waals surface area contributed by atoms with E-state index in [4.69, 9.17) is 32.0 Å². The molecule has 42 heavy (non-hydrogen) atoms. The highest BCUT2D eigenvalue weighted by molar-refractivity contribution is 9.12. The van der Waals surface area contributed by atoms with Crippen LogP contribution in [0.2, 0.25) is 10.0 Å². The lowest BCUT2D eigenvalue weighted by atomic mass is 9.62. The predicted molar refractivity (Wildman–Crippen MR) is 158 cm³/mol. The standard InChI is InChI=1S/C29H26BrCl2N3O7/c1-14-20(42-28(40)41-14)11-17(23(27(38)39)35-24-22(30)25(36)29(24)9-3-2-4-10-29)15-5-7-16(8-6-15)34-26(37)21-18(31)12-33-13-19(21)32/h5-8,12-13,17,23,35H,2-4,9-11H2,1H3,(H,34,37)(H,38,39)/t17?,23-/m0/s1. The van der Waals surface area contributed by atoms with Crippen LogP contribution >= 0.6 is 39.1 Å². The molecule has 1 saturated carbocycles. The Balaban J connectivity index is 1.46. The number of Topliss-reactive ketones (excluding diaryl/α,β-unsaturated/α-hetero) is 1. The third-order valence-electron chi connectivity index (χ3n) is 7.93. The minimum absolute atomic E-state index is 0.0152. The van der Waals surface area contributed by atoms with Crippen molar-refractivity contribution in [1.82, 2.24) is 10.3 Å². The van der Waals surface area contributed by atoms with Gasteiger partial charge >= 0.3 is 11.8 Å². The Labute approximate surface area is 258 Å². The first-order chi connectivity index (χ1) is 20.0. The minimum atomic E-state index is -1.20. The van der Waals surface area contributed by atoms with Crippen molar-refractivity contribution in [1.29, 1.82) is 0 Å². The van der Waals surface area contributed by atoms with Crippen LogP contribution in [0.1, 0.15) is 65.5 Å². The van der Waals surface area contributed by atoms with E-state index < -0.39 is 35.1 Å². The molecule has 3 N–H and O–H groups in total. The summed E-state index contributed by atoms with van der Waals surface area (Å²) in [5.41, 5.74) is 0.924. The average molecular weight is 679 g/mol. The number of amides is 1. The second-order valence-corrected chi connectivity index (χ2v) is 12.0. The molecule has 1 amide bonds. The normalized spacial score (nSPS) is 17.5. The number of benzene rings is 1. The molecule has 1 fully saturated rings. The lowest BCUT2D eigenvalue weighted by Gasteiger charge is -2.46. The van der Waals surface area contributed by atoms with Gasteiger partial charge in [-0.25, -0.2) is 9.59 Å². The van der Waals surface area contributed by atoms with Crippen molar-refractivity contribution in [3.8, 4) is 0 Å². The van der Waals surface area contributed by atoms with Gasteiger partial charge in [-0.15, -0.1) is 0 Å². The van der Waals surface area contributed by atoms with Crippen LogP contribution in [-0.2, 0) is 16.0 Å². The van der Waals surface area contributed by atoms with E-state index in [1.807, 2.05) is 0 Å². The van der Waals surface area contributed by atoms with Crippen molar-refractivity contribution in [3.63, 3.8) is 0 Å². The van der Waals surface area contributed by atoms with E-state index in [0.29, 0.717) is 34.3 Å². The SMILES string of the molecule is Cc1oc(=O)oc1CC(c1ccc(NC(=O)c2c(Cl)cncc2Cl)cc1)[C@H](NC1=C(Br)C(=O)C12CCCCC2)C(=O)O. The van der Waals surface area contributed by atoms with Gasteiger partial charge in [0.05, 0.1) is 25.5 Å². The van der Waals surface area contributed by atoms with Crippen LogP contribution < -0.4 is 16.5 Å². The van der Waals surface area contributed by atoms with Crippen LogP contribution in [-0.4, -0.2) is 33.8 Å². The highest BCUT2D eigenvalue weighted by atomic mass is 79.9.